The number of ketones is 1. The Morgan fingerprint density at radius 2 is 1.72 bits per heavy atom. The van der Waals surface area contributed by atoms with Gasteiger partial charge in [-0.05, 0) is 37.6 Å². The van der Waals surface area contributed by atoms with Gasteiger partial charge < -0.3 is 0 Å². The number of hydrogen-bond donors (Lipinski definition) is 0. The molecule has 0 aliphatic rings. The number of aryl methyl sites for hydroxylation is 2. The van der Waals surface area contributed by atoms with E-state index in [1.807, 2.05) is 38.1 Å². The molecule has 18 heavy (non-hydrogen) atoms. The summed E-state index contributed by atoms with van der Waals surface area (Å²) in [5.41, 5.74) is 3.35. The van der Waals surface area contributed by atoms with E-state index in [2.05, 4.69) is 15.9 Å². The van der Waals surface area contributed by atoms with E-state index in [4.69, 9.17) is 11.6 Å². The van der Waals surface area contributed by atoms with Crippen molar-refractivity contribution in [3.05, 3.63) is 68.1 Å². The number of hydrogen-bond acceptors (Lipinski definition) is 1. The molecule has 0 heterocycles. The summed E-state index contributed by atoms with van der Waals surface area (Å²) in [5, 5.41) is 0.467. The minimum absolute atomic E-state index is 0.0370. The maximum Gasteiger partial charge on any atom is 0.194 e. The van der Waals surface area contributed by atoms with Gasteiger partial charge in [0.05, 0.1) is 5.02 Å². The Bertz CT molecular complexity index is 566. The Morgan fingerprint density at radius 1 is 1.06 bits per heavy atom. The topological polar surface area (TPSA) is 17.1 Å². The second-order valence-electron chi connectivity index (χ2n) is 4.27. The van der Waals surface area contributed by atoms with Crippen molar-refractivity contribution in [1.29, 1.82) is 0 Å². The van der Waals surface area contributed by atoms with Gasteiger partial charge in [0.15, 0.2) is 5.78 Å². The Labute approximate surface area is 120 Å². The SMILES string of the molecule is Cc1ccc(C(=O)c2ccc(Br)cc2Cl)c(C)c1. The number of rotatable bonds is 2. The molecule has 3 heteroatoms. The standard InChI is InChI=1S/C15H12BrClO/c1-9-3-5-12(10(2)7-9)15(18)13-6-4-11(16)8-14(13)17/h3-8H,1-2H3. The van der Waals surface area contributed by atoms with Crippen LogP contribution < -0.4 is 0 Å². The van der Waals surface area contributed by atoms with Gasteiger partial charge in [0.25, 0.3) is 0 Å². The summed E-state index contributed by atoms with van der Waals surface area (Å²) >= 11 is 9.44. The molecule has 0 N–H and O–H groups in total. The fourth-order valence-corrected chi connectivity index (χ4v) is 2.65. The van der Waals surface area contributed by atoms with Crippen LogP contribution in [0.3, 0.4) is 0 Å². The quantitative estimate of drug-likeness (QED) is 0.715. The van der Waals surface area contributed by atoms with Crippen LogP contribution in [0.25, 0.3) is 0 Å². The van der Waals surface area contributed by atoms with Crippen molar-refractivity contribution in [2.75, 3.05) is 0 Å². The zero-order valence-corrected chi connectivity index (χ0v) is 12.5. The lowest BCUT2D eigenvalue weighted by Gasteiger charge is -2.08. The normalized spacial score (nSPS) is 10.4. The van der Waals surface area contributed by atoms with E-state index >= 15 is 0 Å². The van der Waals surface area contributed by atoms with Crippen molar-refractivity contribution < 1.29 is 4.79 Å². The average molecular weight is 324 g/mol. The molecule has 0 unspecified atom stereocenters. The Hall–Kier alpha value is -1.12. The van der Waals surface area contributed by atoms with Gasteiger partial charge in [-0.25, -0.2) is 0 Å². The predicted octanol–water partition coefficient (Wildman–Crippen LogP) is 4.95. The molecule has 0 fully saturated rings. The summed E-state index contributed by atoms with van der Waals surface area (Å²) in [6.45, 7) is 3.95. The third-order valence-electron chi connectivity index (χ3n) is 2.80. The van der Waals surface area contributed by atoms with Gasteiger partial charge in [0.1, 0.15) is 0 Å². The first-order valence-electron chi connectivity index (χ1n) is 5.56. The second kappa shape index (κ2) is 5.25. The fourth-order valence-electron chi connectivity index (χ4n) is 1.89. The highest BCUT2D eigenvalue weighted by atomic mass is 79.9. The van der Waals surface area contributed by atoms with Gasteiger partial charge in [-0.3, -0.25) is 4.79 Å². The largest absolute Gasteiger partial charge is 0.289 e. The number of halogens is 2. The van der Waals surface area contributed by atoms with Crippen LogP contribution in [-0.2, 0) is 0 Å². The molecule has 0 spiro atoms. The lowest BCUT2D eigenvalue weighted by molar-refractivity contribution is 0.103. The summed E-state index contributed by atoms with van der Waals surface area (Å²) in [4.78, 5) is 12.4. The molecule has 0 radical (unpaired) electrons. The maximum atomic E-state index is 12.4. The fraction of sp³-hybridized carbons (Fsp3) is 0.133. The zero-order valence-electron chi connectivity index (χ0n) is 10.1. The summed E-state index contributed by atoms with van der Waals surface area (Å²) in [7, 11) is 0. The molecule has 0 bridgehead atoms. The molecule has 2 aromatic carbocycles. The van der Waals surface area contributed by atoms with Crippen LogP contribution >= 0.6 is 27.5 Å². The lowest BCUT2D eigenvalue weighted by atomic mass is 9.98. The first-order valence-corrected chi connectivity index (χ1v) is 6.73. The van der Waals surface area contributed by atoms with Crippen molar-refractivity contribution in [3.63, 3.8) is 0 Å². The molecule has 2 aromatic rings. The van der Waals surface area contributed by atoms with Gasteiger partial charge in [-0.1, -0.05) is 51.3 Å². The van der Waals surface area contributed by atoms with Gasteiger partial charge in [0, 0.05) is 15.6 Å². The van der Waals surface area contributed by atoms with Crippen LogP contribution in [0, 0.1) is 13.8 Å². The second-order valence-corrected chi connectivity index (χ2v) is 5.59. The Kier molecular flexibility index (Phi) is 3.88. The minimum Gasteiger partial charge on any atom is -0.289 e. The van der Waals surface area contributed by atoms with Crippen LogP contribution in [0.4, 0.5) is 0 Å². The average Bonchev–Trinajstić information content (AvgIpc) is 2.28. The molecule has 92 valence electrons. The van der Waals surface area contributed by atoms with Crippen molar-refractivity contribution in [1.82, 2.24) is 0 Å². The van der Waals surface area contributed by atoms with Gasteiger partial charge >= 0.3 is 0 Å². The van der Waals surface area contributed by atoms with Crippen molar-refractivity contribution in [2.24, 2.45) is 0 Å². The van der Waals surface area contributed by atoms with E-state index in [9.17, 15) is 4.79 Å². The van der Waals surface area contributed by atoms with Crippen LogP contribution in [0.5, 0.6) is 0 Å². The molecule has 2 rings (SSSR count). The van der Waals surface area contributed by atoms with E-state index in [0.29, 0.717) is 16.1 Å². The molecule has 0 saturated carbocycles. The molecule has 0 aliphatic carbocycles. The molecule has 0 aliphatic heterocycles. The smallest absolute Gasteiger partial charge is 0.194 e. The molecular formula is C15H12BrClO. The van der Waals surface area contributed by atoms with Gasteiger partial charge in [-0.15, -0.1) is 0 Å². The molecule has 1 nitrogen and oxygen atoms in total. The summed E-state index contributed by atoms with van der Waals surface area (Å²) < 4.78 is 0.865. The summed E-state index contributed by atoms with van der Waals surface area (Å²) in [5.74, 6) is -0.0370. The number of carbonyl (C=O) groups excluding carboxylic acids is 1. The summed E-state index contributed by atoms with van der Waals surface area (Å²) in [6, 6.07) is 11.1. The summed E-state index contributed by atoms with van der Waals surface area (Å²) in [6.07, 6.45) is 0. The molecule has 0 aromatic heterocycles. The highest BCUT2D eigenvalue weighted by molar-refractivity contribution is 9.10. The molecule has 0 amide bonds. The van der Waals surface area contributed by atoms with E-state index in [0.717, 1.165) is 15.6 Å². The van der Waals surface area contributed by atoms with Crippen molar-refractivity contribution in [3.8, 4) is 0 Å². The third-order valence-corrected chi connectivity index (χ3v) is 3.61. The number of benzene rings is 2. The Morgan fingerprint density at radius 3 is 2.33 bits per heavy atom. The van der Waals surface area contributed by atoms with E-state index < -0.39 is 0 Å². The Balaban J connectivity index is 2.48. The molecular weight excluding hydrogens is 312 g/mol. The molecule has 0 atom stereocenters. The highest BCUT2D eigenvalue weighted by Gasteiger charge is 2.14. The first-order chi connectivity index (χ1) is 8.49. The van der Waals surface area contributed by atoms with E-state index in [1.165, 1.54) is 0 Å². The molecule has 0 saturated heterocycles. The lowest BCUT2D eigenvalue weighted by Crippen LogP contribution is -2.04. The van der Waals surface area contributed by atoms with Crippen LogP contribution in [-0.4, -0.2) is 5.78 Å². The van der Waals surface area contributed by atoms with Crippen molar-refractivity contribution >= 4 is 33.3 Å². The third kappa shape index (κ3) is 2.65. The van der Waals surface area contributed by atoms with E-state index in [-0.39, 0.29) is 5.78 Å². The van der Waals surface area contributed by atoms with Crippen LogP contribution in [0.1, 0.15) is 27.0 Å². The monoisotopic (exact) mass is 322 g/mol. The first kappa shape index (κ1) is 13.3. The van der Waals surface area contributed by atoms with Crippen LogP contribution in [0.2, 0.25) is 5.02 Å². The van der Waals surface area contributed by atoms with Gasteiger partial charge in [0.2, 0.25) is 0 Å². The van der Waals surface area contributed by atoms with Gasteiger partial charge in [-0.2, -0.15) is 0 Å². The highest BCUT2D eigenvalue weighted by Crippen LogP contribution is 2.25. The van der Waals surface area contributed by atoms with Crippen LogP contribution in [0.15, 0.2) is 40.9 Å². The minimum atomic E-state index is -0.0370. The van der Waals surface area contributed by atoms with Crippen molar-refractivity contribution in [2.45, 2.75) is 13.8 Å². The maximum absolute atomic E-state index is 12.4. The van der Waals surface area contributed by atoms with E-state index in [1.54, 1.807) is 12.1 Å². The zero-order chi connectivity index (χ0) is 13.3. The number of carbonyl (C=O) groups is 1. The predicted molar refractivity (Wildman–Crippen MR) is 78.5 cm³/mol.